The standard InChI is InChI=1S/C63H47N/c1-40-30-37-55-51(38-40)48-20-7-11-25-54(48)63(55)57-27-13-12-26-56(57)62(52-23-9-5-18-46(52)47-19-6-10-24-53(47)62)58-28-15-22-45(61(58)63)42-33-31-41(32-34-42)43-35-36-50-49-21-8-14-29-59(49)64(60(50)39-43)44-16-3-2-4-17-44/h2-5,7-11,13-18,20-25,27-37,39-40H,6,12,19,26,38H2,1H3. The highest BCUT2D eigenvalue weighted by Gasteiger charge is 2.61. The summed E-state index contributed by atoms with van der Waals surface area (Å²) in [5.41, 5.74) is 25.7. The Labute approximate surface area is 375 Å². The van der Waals surface area contributed by atoms with Crippen LogP contribution in [0.4, 0.5) is 0 Å². The molecule has 0 N–H and O–H groups in total. The highest BCUT2D eigenvalue weighted by Crippen LogP contribution is 2.70. The van der Waals surface area contributed by atoms with Gasteiger partial charge in [0, 0.05) is 16.5 Å². The molecule has 3 atom stereocenters. The van der Waals surface area contributed by atoms with Crippen molar-refractivity contribution in [2.45, 2.75) is 49.9 Å². The number of para-hydroxylation sites is 2. The fraction of sp³-hybridized carbons (Fsp3) is 0.143. The molecular weight excluding hydrogens is 771 g/mol. The lowest BCUT2D eigenvalue weighted by Gasteiger charge is -2.52. The Kier molecular flexibility index (Phi) is 7.59. The second-order valence-corrected chi connectivity index (χ2v) is 18.9. The van der Waals surface area contributed by atoms with Crippen LogP contribution in [-0.2, 0) is 10.8 Å². The summed E-state index contributed by atoms with van der Waals surface area (Å²) in [5, 5.41) is 2.55. The molecule has 6 aliphatic carbocycles. The fourth-order valence-electron chi connectivity index (χ4n) is 13.4. The van der Waals surface area contributed by atoms with Gasteiger partial charge in [0.05, 0.1) is 21.9 Å². The zero-order valence-corrected chi connectivity index (χ0v) is 36.1. The van der Waals surface area contributed by atoms with E-state index in [1.807, 2.05) is 0 Å². The number of nitrogens with zero attached hydrogens (tertiary/aromatic N) is 1. The lowest BCUT2D eigenvalue weighted by Crippen LogP contribution is -2.45. The Morgan fingerprint density at radius 2 is 1.09 bits per heavy atom. The molecule has 0 aliphatic heterocycles. The number of fused-ring (bicyclic) bond motifs is 16. The normalized spacial score (nSPS) is 22.4. The smallest absolute Gasteiger partial charge is 0.0719 e. The Morgan fingerprint density at radius 1 is 0.469 bits per heavy atom. The highest BCUT2D eigenvalue weighted by atomic mass is 15.0. The predicted molar refractivity (Wildman–Crippen MR) is 267 cm³/mol. The predicted octanol–water partition coefficient (Wildman–Crippen LogP) is 15.8. The van der Waals surface area contributed by atoms with E-state index in [1.165, 1.54) is 111 Å². The summed E-state index contributed by atoms with van der Waals surface area (Å²) in [6.07, 6.45) is 20.4. The summed E-state index contributed by atoms with van der Waals surface area (Å²) in [6.45, 7) is 2.38. The van der Waals surface area contributed by atoms with Gasteiger partial charge in [0.15, 0.2) is 0 Å². The molecule has 14 rings (SSSR count). The maximum Gasteiger partial charge on any atom is 0.0719 e. The first-order chi connectivity index (χ1) is 31.7. The van der Waals surface area contributed by atoms with E-state index in [1.54, 1.807) is 5.57 Å². The molecule has 0 bridgehead atoms. The molecule has 1 heterocycles. The molecule has 1 aromatic heterocycles. The Hall–Kier alpha value is -7.22. The summed E-state index contributed by atoms with van der Waals surface area (Å²) in [7, 11) is 0. The van der Waals surface area contributed by atoms with Gasteiger partial charge in [-0.1, -0.05) is 183 Å². The van der Waals surface area contributed by atoms with Crippen LogP contribution in [-0.4, -0.2) is 4.57 Å². The maximum atomic E-state index is 2.57. The summed E-state index contributed by atoms with van der Waals surface area (Å²) in [4.78, 5) is 0. The van der Waals surface area contributed by atoms with E-state index in [9.17, 15) is 0 Å². The van der Waals surface area contributed by atoms with E-state index in [2.05, 4.69) is 212 Å². The van der Waals surface area contributed by atoms with Gasteiger partial charge in [0.25, 0.3) is 0 Å². The van der Waals surface area contributed by atoms with Crippen LogP contribution in [0.25, 0.3) is 60.9 Å². The first-order valence-corrected chi connectivity index (χ1v) is 23.4. The molecule has 2 spiro atoms. The molecule has 1 heteroatoms. The van der Waals surface area contributed by atoms with Crippen molar-refractivity contribution in [3.05, 3.63) is 256 Å². The second kappa shape index (κ2) is 13.4. The number of hydrogen-bond donors (Lipinski definition) is 0. The fourth-order valence-corrected chi connectivity index (χ4v) is 13.4. The SMILES string of the molecule is CC1C=CC2=C(C1)c1ccccc1C21C2=C(CCC=C2)C2(C3=C(CCC=C3)c3ccccc32)c2cccc(-c3ccc(-c4ccc5c6ccccc6n(-c6ccccc6)c5c4)cc3)c21. The minimum Gasteiger partial charge on any atom is -0.309 e. The molecule has 3 unspecified atom stereocenters. The van der Waals surface area contributed by atoms with Crippen molar-refractivity contribution in [3.63, 3.8) is 0 Å². The maximum absolute atomic E-state index is 2.57. The van der Waals surface area contributed by atoms with Gasteiger partial charge >= 0.3 is 0 Å². The van der Waals surface area contributed by atoms with E-state index < -0.39 is 5.41 Å². The quantitative estimate of drug-likeness (QED) is 0.167. The molecule has 0 radical (unpaired) electrons. The largest absolute Gasteiger partial charge is 0.309 e. The van der Waals surface area contributed by atoms with Gasteiger partial charge in [-0.05, 0) is 151 Å². The molecule has 8 aromatic rings. The zero-order chi connectivity index (χ0) is 42.1. The molecule has 6 aliphatic rings. The zero-order valence-electron chi connectivity index (χ0n) is 36.1. The molecule has 0 amide bonds. The first-order valence-electron chi connectivity index (χ1n) is 23.4. The van der Waals surface area contributed by atoms with Crippen LogP contribution in [0.1, 0.15) is 72.4 Å². The van der Waals surface area contributed by atoms with Gasteiger partial charge in [0.2, 0.25) is 0 Å². The average molecular weight is 818 g/mol. The minimum absolute atomic E-state index is 0.365. The molecule has 0 saturated carbocycles. The van der Waals surface area contributed by atoms with E-state index >= 15 is 0 Å². The third-order valence-electron chi connectivity index (χ3n) is 15.8. The van der Waals surface area contributed by atoms with Gasteiger partial charge in [-0.25, -0.2) is 0 Å². The van der Waals surface area contributed by atoms with Crippen LogP contribution in [0, 0.1) is 5.92 Å². The summed E-state index contributed by atoms with van der Waals surface area (Å²) in [5.74, 6) is 0.490. The van der Waals surface area contributed by atoms with Gasteiger partial charge in [-0.3, -0.25) is 0 Å². The monoisotopic (exact) mass is 817 g/mol. The van der Waals surface area contributed by atoms with Crippen LogP contribution in [0.2, 0.25) is 0 Å². The van der Waals surface area contributed by atoms with Crippen molar-refractivity contribution in [2.24, 2.45) is 5.92 Å². The van der Waals surface area contributed by atoms with Crippen molar-refractivity contribution in [1.29, 1.82) is 0 Å². The van der Waals surface area contributed by atoms with E-state index in [4.69, 9.17) is 0 Å². The van der Waals surface area contributed by atoms with Gasteiger partial charge < -0.3 is 4.57 Å². The van der Waals surface area contributed by atoms with Crippen molar-refractivity contribution in [2.75, 3.05) is 0 Å². The molecule has 7 aromatic carbocycles. The van der Waals surface area contributed by atoms with Crippen LogP contribution in [0.5, 0.6) is 0 Å². The van der Waals surface area contributed by atoms with Gasteiger partial charge in [0.1, 0.15) is 0 Å². The van der Waals surface area contributed by atoms with Gasteiger partial charge in [-0.2, -0.15) is 0 Å². The molecule has 1 nitrogen and oxygen atoms in total. The lowest BCUT2D eigenvalue weighted by molar-refractivity contribution is 0.583. The highest BCUT2D eigenvalue weighted by molar-refractivity contribution is 6.10. The summed E-state index contributed by atoms with van der Waals surface area (Å²) in [6, 6.07) is 62.4. The van der Waals surface area contributed by atoms with Crippen molar-refractivity contribution in [1.82, 2.24) is 4.57 Å². The van der Waals surface area contributed by atoms with Gasteiger partial charge in [-0.15, -0.1) is 0 Å². The van der Waals surface area contributed by atoms with Crippen molar-refractivity contribution >= 4 is 33.0 Å². The van der Waals surface area contributed by atoms with Crippen molar-refractivity contribution < 1.29 is 0 Å². The van der Waals surface area contributed by atoms with Crippen LogP contribution < -0.4 is 0 Å². The van der Waals surface area contributed by atoms with Crippen LogP contribution >= 0.6 is 0 Å². The minimum atomic E-state index is -0.447. The van der Waals surface area contributed by atoms with Crippen LogP contribution in [0.3, 0.4) is 0 Å². The van der Waals surface area contributed by atoms with Crippen molar-refractivity contribution in [3.8, 4) is 27.9 Å². The van der Waals surface area contributed by atoms with Crippen LogP contribution in [0.15, 0.2) is 223 Å². The third-order valence-corrected chi connectivity index (χ3v) is 15.8. The molecule has 0 saturated heterocycles. The summed E-state index contributed by atoms with van der Waals surface area (Å²) >= 11 is 0. The average Bonchev–Trinajstić information content (AvgIpc) is 3.96. The van der Waals surface area contributed by atoms with E-state index in [0.717, 1.165) is 32.1 Å². The third kappa shape index (κ3) is 4.59. The summed E-state index contributed by atoms with van der Waals surface area (Å²) < 4.78 is 2.42. The lowest BCUT2D eigenvalue weighted by atomic mass is 9.49. The number of allylic oxidation sites excluding steroid dienone is 12. The topological polar surface area (TPSA) is 4.93 Å². The first kappa shape index (κ1) is 36.3. The number of aromatic nitrogens is 1. The Balaban J connectivity index is 1.03. The number of rotatable bonds is 3. The van der Waals surface area contributed by atoms with E-state index in [-0.39, 0.29) is 5.41 Å². The molecule has 64 heavy (non-hydrogen) atoms. The molecule has 304 valence electrons. The molecule has 0 fully saturated rings. The second-order valence-electron chi connectivity index (χ2n) is 18.9. The Morgan fingerprint density at radius 3 is 1.94 bits per heavy atom. The van der Waals surface area contributed by atoms with E-state index in [0.29, 0.717) is 5.92 Å². The Bertz CT molecular complexity index is 3520. The molecular formula is C63H47N. The number of benzene rings is 7. The number of hydrogen-bond acceptors (Lipinski definition) is 0.